The molecule has 7 nitrogen and oxygen atoms in total. The summed E-state index contributed by atoms with van der Waals surface area (Å²) in [6, 6.07) is 5.88. The zero-order chi connectivity index (χ0) is 17.9. The number of aromatic amines is 1. The summed E-state index contributed by atoms with van der Waals surface area (Å²) >= 11 is 0. The first kappa shape index (κ1) is 17.1. The molecule has 0 radical (unpaired) electrons. The molecule has 2 aromatic rings. The van der Waals surface area contributed by atoms with Crippen molar-refractivity contribution >= 4 is 23.3 Å². The molecule has 0 bridgehead atoms. The maximum absolute atomic E-state index is 14.6. The Kier molecular flexibility index (Phi) is 4.92. The molecule has 0 spiro atoms. The number of H-pyrrole nitrogens is 1. The van der Waals surface area contributed by atoms with Gasteiger partial charge in [0, 0.05) is 37.9 Å². The van der Waals surface area contributed by atoms with Gasteiger partial charge in [0.1, 0.15) is 5.82 Å². The Balaban J connectivity index is 1.37. The zero-order valence-corrected chi connectivity index (χ0v) is 14.9. The number of halogens is 1. The van der Waals surface area contributed by atoms with Crippen LogP contribution in [0.15, 0.2) is 18.2 Å². The SMILES string of the molecule is Nc1nc(Nc2ccc(N3CCN(C4CCCCC4)CC3)c(F)c2)n[nH]1. The van der Waals surface area contributed by atoms with Gasteiger partial charge in [-0.05, 0) is 31.0 Å². The van der Waals surface area contributed by atoms with Crippen LogP contribution in [-0.4, -0.2) is 52.3 Å². The molecule has 1 aliphatic carbocycles. The van der Waals surface area contributed by atoms with Crippen LogP contribution in [0.2, 0.25) is 0 Å². The van der Waals surface area contributed by atoms with E-state index >= 15 is 0 Å². The molecule has 0 atom stereocenters. The summed E-state index contributed by atoms with van der Waals surface area (Å²) < 4.78 is 14.6. The number of nitrogen functional groups attached to an aromatic ring is 1. The minimum atomic E-state index is -0.232. The summed E-state index contributed by atoms with van der Waals surface area (Å²) in [5.74, 6) is 0.320. The smallest absolute Gasteiger partial charge is 0.248 e. The van der Waals surface area contributed by atoms with E-state index in [1.165, 1.54) is 38.2 Å². The molecular weight excluding hydrogens is 333 g/mol. The van der Waals surface area contributed by atoms with Crippen molar-refractivity contribution in [1.82, 2.24) is 20.1 Å². The van der Waals surface area contributed by atoms with E-state index in [-0.39, 0.29) is 11.8 Å². The molecule has 2 heterocycles. The molecule has 1 saturated heterocycles. The largest absolute Gasteiger partial charge is 0.368 e. The third kappa shape index (κ3) is 3.75. The highest BCUT2D eigenvalue weighted by Crippen LogP contribution is 2.27. The van der Waals surface area contributed by atoms with Crippen molar-refractivity contribution in [3.05, 3.63) is 24.0 Å². The third-order valence-corrected chi connectivity index (χ3v) is 5.45. The first-order chi connectivity index (χ1) is 12.7. The second-order valence-corrected chi connectivity index (χ2v) is 7.15. The summed E-state index contributed by atoms with van der Waals surface area (Å²) in [4.78, 5) is 8.70. The van der Waals surface area contributed by atoms with E-state index < -0.39 is 0 Å². The lowest BCUT2D eigenvalue weighted by atomic mass is 9.94. The number of nitrogens with zero attached hydrogens (tertiary/aromatic N) is 4. The Hall–Kier alpha value is -2.35. The van der Waals surface area contributed by atoms with Gasteiger partial charge < -0.3 is 16.0 Å². The predicted octanol–water partition coefficient (Wildman–Crippen LogP) is 2.72. The maximum Gasteiger partial charge on any atom is 0.248 e. The van der Waals surface area contributed by atoms with Crippen LogP contribution in [0.25, 0.3) is 0 Å². The Bertz CT molecular complexity index is 733. The van der Waals surface area contributed by atoms with Crippen LogP contribution in [0.4, 0.5) is 27.7 Å². The van der Waals surface area contributed by atoms with Crippen LogP contribution < -0.4 is 16.0 Å². The molecule has 1 aromatic heterocycles. The second-order valence-electron chi connectivity index (χ2n) is 7.15. The summed E-state index contributed by atoms with van der Waals surface area (Å²) in [5.41, 5.74) is 6.76. The number of hydrogen-bond acceptors (Lipinski definition) is 6. The predicted molar refractivity (Wildman–Crippen MR) is 101 cm³/mol. The number of anilines is 4. The molecule has 0 amide bonds. The van der Waals surface area contributed by atoms with Crippen molar-refractivity contribution in [2.75, 3.05) is 42.1 Å². The van der Waals surface area contributed by atoms with Crippen LogP contribution in [0.1, 0.15) is 32.1 Å². The molecule has 2 aliphatic rings. The summed E-state index contributed by atoms with van der Waals surface area (Å²) in [7, 11) is 0. The number of rotatable bonds is 4. The lowest BCUT2D eigenvalue weighted by Gasteiger charge is -2.41. The molecule has 8 heteroatoms. The third-order valence-electron chi connectivity index (χ3n) is 5.45. The van der Waals surface area contributed by atoms with Crippen LogP contribution >= 0.6 is 0 Å². The number of benzene rings is 1. The van der Waals surface area contributed by atoms with E-state index in [0.29, 0.717) is 17.3 Å². The molecule has 26 heavy (non-hydrogen) atoms. The molecule has 4 N–H and O–H groups in total. The van der Waals surface area contributed by atoms with E-state index in [9.17, 15) is 4.39 Å². The van der Waals surface area contributed by atoms with E-state index in [2.05, 4.69) is 30.3 Å². The molecule has 140 valence electrons. The summed E-state index contributed by atoms with van der Waals surface area (Å²) in [6.45, 7) is 3.77. The van der Waals surface area contributed by atoms with Crippen molar-refractivity contribution in [2.24, 2.45) is 0 Å². The normalized spacial score (nSPS) is 19.7. The average molecular weight is 359 g/mol. The topological polar surface area (TPSA) is 86.1 Å². The van der Waals surface area contributed by atoms with Gasteiger partial charge in [0.2, 0.25) is 11.9 Å². The van der Waals surface area contributed by atoms with Crippen LogP contribution in [0.5, 0.6) is 0 Å². The number of piperazine rings is 1. The number of nitrogens with one attached hydrogen (secondary N) is 2. The average Bonchev–Trinajstić information content (AvgIpc) is 3.07. The van der Waals surface area contributed by atoms with Gasteiger partial charge in [-0.3, -0.25) is 4.90 Å². The Morgan fingerprint density at radius 1 is 1.12 bits per heavy atom. The molecule has 2 fully saturated rings. The van der Waals surface area contributed by atoms with Crippen molar-refractivity contribution in [3.8, 4) is 0 Å². The number of hydrogen-bond donors (Lipinski definition) is 3. The highest BCUT2D eigenvalue weighted by Gasteiger charge is 2.26. The molecule has 0 unspecified atom stereocenters. The molecule has 1 aromatic carbocycles. The fourth-order valence-corrected chi connectivity index (χ4v) is 4.07. The number of aromatic nitrogens is 3. The summed E-state index contributed by atoms with van der Waals surface area (Å²) in [5, 5.41) is 9.39. The van der Waals surface area contributed by atoms with Gasteiger partial charge in [-0.1, -0.05) is 19.3 Å². The molecule has 1 aliphatic heterocycles. The highest BCUT2D eigenvalue weighted by molar-refractivity contribution is 5.60. The van der Waals surface area contributed by atoms with Gasteiger partial charge in [-0.2, -0.15) is 4.98 Å². The quantitative estimate of drug-likeness (QED) is 0.778. The minimum absolute atomic E-state index is 0.223. The molecule has 4 rings (SSSR count). The minimum Gasteiger partial charge on any atom is -0.368 e. The first-order valence-electron chi connectivity index (χ1n) is 9.42. The van der Waals surface area contributed by atoms with E-state index in [0.717, 1.165) is 32.2 Å². The van der Waals surface area contributed by atoms with Crippen molar-refractivity contribution < 1.29 is 4.39 Å². The van der Waals surface area contributed by atoms with Crippen LogP contribution in [0, 0.1) is 5.82 Å². The van der Waals surface area contributed by atoms with Crippen molar-refractivity contribution in [1.29, 1.82) is 0 Å². The Labute approximate surface area is 152 Å². The zero-order valence-electron chi connectivity index (χ0n) is 14.9. The maximum atomic E-state index is 14.6. The lowest BCUT2D eigenvalue weighted by molar-refractivity contribution is 0.147. The van der Waals surface area contributed by atoms with E-state index in [4.69, 9.17) is 5.73 Å². The van der Waals surface area contributed by atoms with Crippen LogP contribution in [0.3, 0.4) is 0 Å². The Morgan fingerprint density at radius 2 is 1.88 bits per heavy atom. The van der Waals surface area contributed by atoms with Gasteiger partial charge in [0.15, 0.2) is 0 Å². The van der Waals surface area contributed by atoms with Gasteiger partial charge in [-0.25, -0.2) is 9.49 Å². The highest BCUT2D eigenvalue weighted by atomic mass is 19.1. The monoisotopic (exact) mass is 359 g/mol. The lowest BCUT2D eigenvalue weighted by Crippen LogP contribution is -2.51. The van der Waals surface area contributed by atoms with Gasteiger partial charge in [0.05, 0.1) is 5.69 Å². The van der Waals surface area contributed by atoms with E-state index in [1.807, 2.05) is 12.1 Å². The first-order valence-corrected chi connectivity index (χ1v) is 9.42. The van der Waals surface area contributed by atoms with Crippen LogP contribution in [-0.2, 0) is 0 Å². The molecular formula is C18H26FN7. The van der Waals surface area contributed by atoms with Gasteiger partial charge in [0.25, 0.3) is 0 Å². The van der Waals surface area contributed by atoms with Gasteiger partial charge >= 0.3 is 0 Å². The van der Waals surface area contributed by atoms with Gasteiger partial charge in [-0.15, -0.1) is 5.10 Å². The Morgan fingerprint density at radius 3 is 2.54 bits per heavy atom. The second kappa shape index (κ2) is 7.49. The fraction of sp³-hybridized carbons (Fsp3) is 0.556. The fourth-order valence-electron chi connectivity index (χ4n) is 4.07. The van der Waals surface area contributed by atoms with Crippen molar-refractivity contribution in [3.63, 3.8) is 0 Å². The molecule has 1 saturated carbocycles. The van der Waals surface area contributed by atoms with E-state index in [1.54, 1.807) is 0 Å². The standard InChI is InChI=1S/C18H26FN7/c19-15-12-13(21-18-22-17(20)23-24-18)6-7-16(15)26-10-8-25(9-11-26)14-4-2-1-3-5-14/h6-7,12,14H,1-5,8-11H2,(H4,20,21,22,23,24). The summed E-state index contributed by atoms with van der Waals surface area (Å²) in [6.07, 6.45) is 6.72. The van der Waals surface area contributed by atoms with Crippen molar-refractivity contribution in [2.45, 2.75) is 38.1 Å². The number of nitrogens with two attached hydrogens (primary N) is 1.